The van der Waals surface area contributed by atoms with Crippen LogP contribution in [0.5, 0.6) is 5.75 Å². The molecule has 0 amide bonds. The van der Waals surface area contributed by atoms with E-state index in [-0.39, 0.29) is 41.6 Å². The van der Waals surface area contributed by atoms with Crippen LogP contribution >= 0.6 is 0 Å². The molecule has 0 bridgehead atoms. The molecule has 4 rings (SSSR count). The highest BCUT2D eigenvalue weighted by Crippen LogP contribution is 2.34. The topological polar surface area (TPSA) is 165 Å². The highest BCUT2D eigenvalue weighted by molar-refractivity contribution is 7.84. The van der Waals surface area contributed by atoms with Gasteiger partial charge >= 0.3 is 16.7 Å². The fraction of sp³-hybridized carbons (Fsp3) is 0.389. The van der Waals surface area contributed by atoms with E-state index in [0.29, 0.717) is 12.2 Å². The normalized spacial score (nSPS) is 21.4. The molecule has 0 spiro atoms. The number of halogens is 3. The number of aromatic amines is 1. The number of alkyl halides is 3. The number of nitrogens with one attached hydrogen (secondary N) is 2. The molecule has 0 aliphatic heterocycles. The molecule has 1 aliphatic rings. The maximum atomic E-state index is 12.8. The molecule has 1 fully saturated rings. The Hall–Kier alpha value is -3.01. The minimum Gasteiger partial charge on any atom is -0.405 e. The Labute approximate surface area is 185 Å². The van der Waals surface area contributed by atoms with Gasteiger partial charge in [0.2, 0.25) is 0 Å². The van der Waals surface area contributed by atoms with Gasteiger partial charge in [-0.25, -0.2) is 20.1 Å². The van der Waals surface area contributed by atoms with Crippen LogP contribution in [0.15, 0.2) is 30.6 Å². The maximum absolute atomic E-state index is 12.8. The number of hydrogen-bond acceptors (Lipinski definition) is 9. The Bertz CT molecular complexity index is 1250. The summed E-state index contributed by atoms with van der Waals surface area (Å²) in [5.74, 6) is -0.511. The van der Waals surface area contributed by atoms with Gasteiger partial charge in [-0.15, -0.1) is 13.2 Å². The Morgan fingerprint density at radius 3 is 2.73 bits per heavy atom. The zero-order valence-electron chi connectivity index (χ0n) is 16.8. The summed E-state index contributed by atoms with van der Waals surface area (Å²) in [6.07, 6.45) is -3.81. The molecule has 15 heteroatoms. The van der Waals surface area contributed by atoms with Crippen LogP contribution in [0.2, 0.25) is 0 Å². The number of nitrogens with zero attached hydrogens (tertiary/aromatic N) is 3. The van der Waals surface area contributed by atoms with Gasteiger partial charge in [0.15, 0.2) is 17.0 Å². The standard InChI is InChI=1S/C18H19F3N6O5S/c19-18(20,21)32-13-4-2-1-3-11(13)15-26-14-16(23-8-24-17(14)27-15)25-10-5-9(12(28)6-10)7-31-33(22,29)30/h1-4,8-10,12,28H,5-7H2,(H2,22,29,30)(H2,23,24,25,26,27)/t9-,10+,12-/m0/s1. The number of aromatic nitrogens is 4. The number of para-hydroxylation sites is 1. The Kier molecular flexibility index (Phi) is 6.13. The quantitative estimate of drug-likeness (QED) is 0.387. The van der Waals surface area contributed by atoms with Crippen molar-refractivity contribution in [3.8, 4) is 17.1 Å². The summed E-state index contributed by atoms with van der Waals surface area (Å²) in [4.78, 5) is 15.4. The molecule has 0 radical (unpaired) electrons. The molecule has 0 saturated heterocycles. The molecular formula is C18H19F3N6O5S. The first-order valence-corrected chi connectivity index (χ1v) is 11.1. The fourth-order valence-electron chi connectivity index (χ4n) is 3.71. The zero-order chi connectivity index (χ0) is 23.8. The smallest absolute Gasteiger partial charge is 0.405 e. The number of imidazole rings is 1. The van der Waals surface area contributed by atoms with E-state index in [1.54, 1.807) is 6.07 Å². The highest BCUT2D eigenvalue weighted by atomic mass is 32.2. The van der Waals surface area contributed by atoms with Crippen LogP contribution in [0.25, 0.3) is 22.6 Å². The number of aliphatic hydroxyl groups excluding tert-OH is 1. The van der Waals surface area contributed by atoms with Crippen LogP contribution in [0.1, 0.15) is 12.8 Å². The van der Waals surface area contributed by atoms with Crippen molar-refractivity contribution in [2.75, 3.05) is 11.9 Å². The summed E-state index contributed by atoms with van der Waals surface area (Å²) in [7, 11) is -4.13. The third-order valence-corrected chi connectivity index (χ3v) is 5.56. The van der Waals surface area contributed by atoms with Crippen LogP contribution in [0, 0.1) is 5.92 Å². The van der Waals surface area contributed by atoms with Crippen molar-refractivity contribution >= 4 is 27.3 Å². The molecule has 178 valence electrons. The third-order valence-electron chi connectivity index (χ3n) is 5.10. The van der Waals surface area contributed by atoms with E-state index in [4.69, 9.17) is 5.14 Å². The summed E-state index contributed by atoms with van der Waals surface area (Å²) in [6.45, 7) is -0.264. The number of fused-ring (bicyclic) bond motifs is 1. The van der Waals surface area contributed by atoms with Crippen molar-refractivity contribution in [1.82, 2.24) is 19.9 Å². The highest BCUT2D eigenvalue weighted by Gasteiger charge is 2.35. The largest absolute Gasteiger partial charge is 0.573 e. The summed E-state index contributed by atoms with van der Waals surface area (Å²) < 4.78 is 68.9. The first kappa shape index (κ1) is 23.2. The second kappa shape index (κ2) is 8.74. The zero-order valence-corrected chi connectivity index (χ0v) is 17.6. The summed E-state index contributed by atoms with van der Waals surface area (Å²) >= 11 is 0. The van der Waals surface area contributed by atoms with Gasteiger partial charge in [-0.3, -0.25) is 4.18 Å². The molecule has 1 saturated carbocycles. The number of ether oxygens (including phenoxy) is 1. The average molecular weight is 488 g/mol. The van der Waals surface area contributed by atoms with E-state index < -0.39 is 34.4 Å². The second-order valence-corrected chi connectivity index (χ2v) is 8.69. The van der Waals surface area contributed by atoms with Crippen LogP contribution in [-0.2, 0) is 14.5 Å². The van der Waals surface area contributed by atoms with E-state index in [9.17, 15) is 26.7 Å². The number of H-pyrrole nitrogens is 1. The van der Waals surface area contributed by atoms with Crippen LogP contribution < -0.4 is 15.2 Å². The van der Waals surface area contributed by atoms with Crippen LogP contribution in [-0.4, -0.2) is 58.6 Å². The fourth-order valence-corrected chi connectivity index (χ4v) is 4.08. The predicted octanol–water partition coefficient (Wildman–Crippen LogP) is 1.69. The van der Waals surface area contributed by atoms with Crippen molar-refractivity contribution in [3.63, 3.8) is 0 Å². The lowest BCUT2D eigenvalue weighted by Gasteiger charge is -2.13. The van der Waals surface area contributed by atoms with E-state index >= 15 is 0 Å². The maximum Gasteiger partial charge on any atom is 0.573 e. The summed E-state index contributed by atoms with van der Waals surface area (Å²) in [6, 6.07) is 5.24. The SMILES string of the molecule is NS(=O)(=O)OC[C@@H]1C[C@@H](Nc2ncnc3[nH]c(-c4ccccc4OC(F)(F)F)nc23)C[C@@H]1O. The van der Waals surface area contributed by atoms with Crippen molar-refractivity contribution in [2.45, 2.75) is 31.3 Å². The van der Waals surface area contributed by atoms with Gasteiger partial charge in [-0.05, 0) is 25.0 Å². The first-order valence-electron chi connectivity index (χ1n) is 9.66. The minimum atomic E-state index is -4.87. The number of anilines is 1. The van der Waals surface area contributed by atoms with Crippen LogP contribution in [0.4, 0.5) is 19.0 Å². The van der Waals surface area contributed by atoms with Gasteiger partial charge in [0, 0.05) is 12.0 Å². The lowest BCUT2D eigenvalue weighted by molar-refractivity contribution is -0.274. The van der Waals surface area contributed by atoms with Crippen molar-refractivity contribution in [3.05, 3.63) is 30.6 Å². The molecule has 11 nitrogen and oxygen atoms in total. The number of aliphatic hydroxyl groups is 1. The lowest BCUT2D eigenvalue weighted by atomic mass is 10.1. The molecule has 2 heterocycles. The number of benzene rings is 1. The molecular weight excluding hydrogens is 469 g/mol. The molecule has 1 aliphatic carbocycles. The van der Waals surface area contributed by atoms with Gasteiger partial charge in [0.05, 0.1) is 18.3 Å². The van der Waals surface area contributed by atoms with Crippen LogP contribution in [0.3, 0.4) is 0 Å². The monoisotopic (exact) mass is 488 g/mol. The predicted molar refractivity (Wildman–Crippen MR) is 109 cm³/mol. The Morgan fingerprint density at radius 1 is 1.24 bits per heavy atom. The molecule has 0 unspecified atom stereocenters. The summed E-state index contributed by atoms with van der Waals surface area (Å²) in [5.41, 5.74) is 0.625. The first-order chi connectivity index (χ1) is 15.5. The number of nitrogens with two attached hydrogens (primary N) is 1. The van der Waals surface area contributed by atoms with E-state index in [0.717, 1.165) is 0 Å². The van der Waals surface area contributed by atoms with Gasteiger partial charge in [0.1, 0.15) is 17.9 Å². The molecule has 3 atom stereocenters. The molecule has 5 N–H and O–H groups in total. The molecule has 33 heavy (non-hydrogen) atoms. The molecule has 3 aromatic rings. The summed E-state index contributed by atoms with van der Waals surface area (Å²) in [5, 5.41) is 18.2. The second-order valence-electron chi connectivity index (χ2n) is 7.47. The van der Waals surface area contributed by atoms with E-state index in [1.165, 1.54) is 24.5 Å². The van der Waals surface area contributed by atoms with E-state index in [1.807, 2.05) is 0 Å². The Balaban J connectivity index is 1.56. The van der Waals surface area contributed by atoms with Gasteiger partial charge in [0.25, 0.3) is 0 Å². The molecule has 2 aromatic heterocycles. The number of rotatable bonds is 7. The lowest BCUT2D eigenvalue weighted by Crippen LogP contribution is -2.24. The average Bonchev–Trinajstić information content (AvgIpc) is 3.29. The van der Waals surface area contributed by atoms with Gasteiger partial charge in [-0.2, -0.15) is 8.42 Å². The Morgan fingerprint density at radius 2 is 2.00 bits per heavy atom. The third kappa shape index (κ3) is 5.68. The van der Waals surface area contributed by atoms with E-state index in [2.05, 4.69) is 34.2 Å². The minimum absolute atomic E-state index is 0.0790. The van der Waals surface area contributed by atoms with Crippen molar-refractivity contribution < 1.29 is 35.6 Å². The number of hydrogen-bond donors (Lipinski definition) is 4. The molecule has 1 aromatic carbocycles. The van der Waals surface area contributed by atoms with Gasteiger partial charge in [-0.1, -0.05) is 12.1 Å². The van der Waals surface area contributed by atoms with Crippen molar-refractivity contribution in [1.29, 1.82) is 0 Å². The van der Waals surface area contributed by atoms with Gasteiger partial charge < -0.3 is 20.1 Å². The van der Waals surface area contributed by atoms with Crippen molar-refractivity contribution in [2.24, 2.45) is 11.1 Å².